The monoisotopic (exact) mass is 796 g/mol. The number of hydrogen-bond donors (Lipinski definition) is 0. The number of benzene rings is 7. The summed E-state index contributed by atoms with van der Waals surface area (Å²) in [5.41, 5.74) is 12.1. The lowest BCUT2D eigenvalue weighted by Gasteiger charge is -2.25. The molecule has 0 atom stereocenters. The number of carbonyl (C=O) groups is 2. The molecule has 7 heteroatoms. The molecule has 0 fully saturated rings. The Morgan fingerprint density at radius 2 is 0.650 bits per heavy atom. The summed E-state index contributed by atoms with van der Waals surface area (Å²) in [5.74, 6) is 1.14. The van der Waals surface area contributed by atoms with Gasteiger partial charge in [0.05, 0.1) is 14.2 Å². The van der Waals surface area contributed by atoms with Crippen LogP contribution in [0.3, 0.4) is 0 Å². The van der Waals surface area contributed by atoms with Crippen molar-refractivity contribution < 1.29 is 23.8 Å². The highest BCUT2D eigenvalue weighted by Crippen LogP contribution is 2.37. The van der Waals surface area contributed by atoms with Crippen molar-refractivity contribution in [2.45, 2.75) is 39.5 Å². The molecule has 0 heterocycles. The summed E-state index contributed by atoms with van der Waals surface area (Å²) in [5, 5.41) is 0. The molecular formula is C53H52N2O5. The van der Waals surface area contributed by atoms with Gasteiger partial charge >= 0.3 is 5.97 Å². The SMILES string of the molecule is CC(=O)COC(C)=O.COc1ccc(N(c2ccccc2)c2ccc(CCc3ccc(CCc4ccc(N(c5ccccc5)c5ccc(OC)cc5)cc4)cc3)cc2)cc1. The summed E-state index contributed by atoms with van der Waals surface area (Å²) in [6, 6.07) is 64.5. The minimum Gasteiger partial charge on any atom is -0.497 e. The zero-order valence-corrected chi connectivity index (χ0v) is 34.8. The lowest BCUT2D eigenvalue weighted by atomic mass is 10.00. The van der Waals surface area contributed by atoms with Crippen molar-refractivity contribution in [3.05, 3.63) is 204 Å². The lowest BCUT2D eigenvalue weighted by molar-refractivity contribution is -0.145. The van der Waals surface area contributed by atoms with Crippen molar-refractivity contribution in [2.75, 3.05) is 30.6 Å². The molecule has 304 valence electrons. The van der Waals surface area contributed by atoms with Crippen molar-refractivity contribution in [1.29, 1.82) is 0 Å². The molecule has 7 nitrogen and oxygen atoms in total. The number of para-hydroxylation sites is 2. The fourth-order valence-corrected chi connectivity index (χ4v) is 6.79. The van der Waals surface area contributed by atoms with Crippen LogP contribution in [0, 0.1) is 0 Å². The van der Waals surface area contributed by atoms with E-state index < -0.39 is 5.97 Å². The van der Waals surface area contributed by atoms with Gasteiger partial charge in [-0.3, -0.25) is 9.59 Å². The number of nitrogens with zero attached hydrogens (tertiary/aromatic N) is 2. The van der Waals surface area contributed by atoms with E-state index in [4.69, 9.17) is 9.47 Å². The Kier molecular flexibility index (Phi) is 15.3. The number of anilines is 6. The van der Waals surface area contributed by atoms with Crippen molar-refractivity contribution in [3.63, 3.8) is 0 Å². The van der Waals surface area contributed by atoms with Crippen LogP contribution in [-0.4, -0.2) is 32.6 Å². The summed E-state index contributed by atoms with van der Waals surface area (Å²) in [6.45, 7) is 2.53. The second kappa shape index (κ2) is 21.6. The summed E-state index contributed by atoms with van der Waals surface area (Å²) in [4.78, 5) is 24.6. The molecule has 0 unspecified atom stereocenters. The number of rotatable bonds is 16. The number of Topliss-reactive ketones (excluding diaryl/α,β-unsaturated/α-hetero) is 1. The molecule has 0 aromatic heterocycles. The molecule has 7 rings (SSSR count). The zero-order valence-electron chi connectivity index (χ0n) is 34.8. The van der Waals surface area contributed by atoms with E-state index in [1.165, 1.54) is 36.1 Å². The number of aryl methyl sites for hydroxylation is 4. The fraction of sp³-hybridized carbons (Fsp3) is 0.170. The third-order valence-electron chi connectivity index (χ3n) is 9.99. The van der Waals surface area contributed by atoms with E-state index in [1.54, 1.807) is 14.2 Å². The Morgan fingerprint density at radius 1 is 0.383 bits per heavy atom. The quantitative estimate of drug-likeness (QED) is 0.0902. The molecule has 0 saturated heterocycles. The first-order valence-corrected chi connectivity index (χ1v) is 20.2. The fourth-order valence-electron chi connectivity index (χ4n) is 6.79. The maximum atomic E-state index is 10.1. The number of methoxy groups -OCH3 is 2. The van der Waals surface area contributed by atoms with E-state index in [2.05, 4.69) is 172 Å². The number of esters is 1. The minimum atomic E-state index is -0.416. The van der Waals surface area contributed by atoms with Gasteiger partial charge in [0.1, 0.15) is 18.1 Å². The smallest absolute Gasteiger partial charge is 0.303 e. The number of carbonyl (C=O) groups excluding carboxylic acids is 2. The number of ether oxygens (including phenoxy) is 3. The molecule has 7 aromatic carbocycles. The van der Waals surface area contributed by atoms with E-state index in [0.717, 1.165) is 71.3 Å². The van der Waals surface area contributed by atoms with Gasteiger partial charge in [-0.2, -0.15) is 0 Å². The Hall–Kier alpha value is -7.12. The normalized spacial score (nSPS) is 10.5. The largest absolute Gasteiger partial charge is 0.497 e. The van der Waals surface area contributed by atoms with Gasteiger partial charge in [0, 0.05) is 41.0 Å². The summed E-state index contributed by atoms with van der Waals surface area (Å²) < 4.78 is 15.1. The van der Waals surface area contributed by atoms with Crippen molar-refractivity contribution >= 4 is 45.9 Å². The second-order valence-electron chi connectivity index (χ2n) is 14.4. The topological polar surface area (TPSA) is 68.3 Å². The molecular weight excluding hydrogens is 745 g/mol. The lowest BCUT2D eigenvalue weighted by Crippen LogP contribution is -2.09. The molecule has 60 heavy (non-hydrogen) atoms. The predicted octanol–water partition coefficient (Wildman–Crippen LogP) is 12.4. The molecule has 0 amide bonds. The number of hydrogen-bond acceptors (Lipinski definition) is 7. The third kappa shape index (κ3) is 12.2. The molecule has 0 spiro atoms. The highest BCUT2D eigenvalue weighted by molar-refractivity contribution is 5.80. The number of ketones is 1. The van der Waals surface area contributed by atoms with Crippen LogP contribution < -0.4 is 19.3 Å². The van der Waals surface area contributed by atoms with E-state index in [9.17, 15) is 9.59 Å². The Labute approximate surface area is 354 Å². The van der Waals surface area contributed by atoms with Crippen LogP contribution >= 0.6 is 0 Å². The highest BCUT2D eigenvalue weighted by atomic mass is 16.5. The van der Waals surface area contributed by atoms with Gasteiger partial charge < -0.3 is 24.0 Å². The average Bonchev–Trinajstić information content (AvgIpc) is 3.30. The second-order valence-corrected chi connectivity index (χ2v) is 14.4. The van der Waals surface area contributed by atoms with Gasteiger partial charge in [0.15, 0.2) is 5.78 Å². The zero-order chi connectivity index (χ0) is 42.1. The first-order valence-electron chi connectivity index (χ1n) is 20.2. The molecule has 0 aliphatic carbocycles. The van der Waals surface area contributed by atoms with Crippen LogP contribution in [0.4, 0.5) is 34.1 Å². The van der Waals surface area contributed by atoms with E-state index in [-0.39, 0.29) is 12.4 Å². The van der Waals surface area contributed by atoms with Gasteiger partial charge in [-0.1, -0.05) is 84.9 Å². The highest BCUT2D eigenvalue weighted by Gasteiger charge is 2.14. The van der Waals surface area contributed by atoms with Crippen LogP contribution in [0.1, 0.15) is 36.1 Å². The summed E-state index contributed by atoms with van der Waals surface area (Å²) >= 11 is 0. The first-order chi connectivity index (χ1) is 29.3. The molecule has 0 bridgehead atoms. The maximum Gasteiger partial charge on any atom is 0.303 e. The van der Waals surface area contributed by atoms with Crippen LogP contribution in [0.5, 0.6) is 11.5 Å². The van der Waals surface area contributed by atoms with Crippen molar-refractivity contribution in [3.8, 4) is 11.5 Å². The van der Waals surface area contributed by atoms with Crippen LogP contribution in [0.2, 0.25) is 0 Å². The molecule has 7 aromatic rings. The van der Waals surface area contributed by atoms with Crippen LogP contribution in [0.15, 0.2) is 182 Å². The van der Waals surface area contributed by atoms with Crippen molar-refractivity contribution in [1.82, 2.24) is 0 Å². The van der Waals surface area contributed by atoms with E-state index >= 15 is 0 Å². The first kappa shape index (κ1) is 42.5. The summed E-state index contributed by atoms with van der Waals surface area (Å²) in [7, 11) is 3.40. The van der Waals surface area contributed by atoms with Gasteiger partial charge in [-0.15, -0.1) is 0 Å². The Bertz CT molecular complexity index is 2190. The molecule has 0 aliphatic heterocycles. The van der Waals surface area contributed by atoms with Gasteiger partial charge in [0.25, 0.3) is 0 Å². The van der Waals surface area contributed by atoms with Gasteiger partial charge in [-0.25, -0.2) is 0 Å². The van der Waals surface area contributed by atoms with Crippen LogP contribution in [0.25, 0.3) is 0 Å². The molecule has 0 saturated carbocycles. The maximum absolute atomic E-state index is 10.1. The van der Waals surface area contributed by atoms with E-state index in [1.807, 2.05) is 24.3 Å². The van der Waals surface area contributed by atoms with E-state index in [0.29, 0.717) is 0 Å². The van der Waals surface area contributed by atoms with Gasteiger partial charge in [-0.05, 0) is 152 Å². The summed E-state index contributed by atoms with van der Waals surface area (Å²) in [6.07, 6.45) is 4.01. The van der Waals surface area contributed by atoms with Crippen molar-refractivity contribution in [2.24, 2.45) is 0 Å². The molecule has 0 radical (unpaired) electrons. The van der Waals surface area contributed by atoms with Crippen LogP contribution in [-0.2, 0) is 40.0 Å². The molecule has 0 N–H and O–H groups in total. The standard InChI is InChI=1S/C48H44N2O2.C5H8O3/c1-51-47-33-29-45(30-34-47)49(41-9-5-3-6-10-41)43-25-21-39(22-26-43)19-17-37-13-15-38(16-14-37)18-20-40-23-27-44(28-24-40)50(42-11-7-4-8-12-42)46-31-35-48(52-2)36-32-46;1-4(6)3-8-5(2)7/h3-16,21-36H,17-20H2,1-2H3;3H2,1-2H3. The minimum absolute atomic E-state index is 0.102. The molecule has 0 aliphatic rings. The Balaban J connectivity index is 0.000000686. The van der Waals surface area contributed by atoms with Gasteiger partial charge in [0.2, 0.25) is 0 Å². The third-order valence-corrected chi connectivity index (χ3v) is 9.99. The predicted molar refractivity (Wildman–Crippen MR) is 244 cm³/mol. The Morgan fingerprint density at radius 3 is 0.900 bits per heavy atom. The average molecular weight is 797 g/mol.